The van der Waals surface area contributed by atoms with Crippen molar-refractivity contribution in [3.63, 3.8) is 0 Å². The molecule has 56 heavy (non-hydrogen) atoms. The van der Waals surface area contributed by atoms with Crippen molar-refractivity contribution >= 4 is 19.8 Å². The third-order valence-corrected chi connectivity index (χ3v) is 9.72. The van der Waals surface area contributed by atoms with E-state index in [0.29, 0.717) is 36.7 Å². The second-order valence-electron chi connectivity index (χ2n) is 15.3. The molecular formula is C44H79NO10P+. The average Bonchev–Trinajstić information content (AvgIpc) is 3.14. The standard InChI is InChI=1S/C44H78NO10P/c1-6-8-10-12-14-15-16-17-18-19-20-21-22-26-31-35-44(49)55-40(39-54-56(50,51)53-37-36-45(3,4)5)38-52-43(48)34-30-27-23-25-29-33-42(47)41(46)32-28-24-13-11-9-7-2/h8,10,14-15,17-18,20-21,24,28,40-42,46-47H,6-7,9,11-13,16,19,22-23,25-27,29-39H2,1-5H3/p+1/b10-8-,15-14-,18-17-,21-20-,28-24-/t40-,41-,42-/m1/s1. The van der Waals surface area contributed by atoms with Crippen molar-refractivity contribution < 1.29 is 52.3 Å². The van der Waals surface area contributed by atoms with Crippen LogP contribution in [0.2, 0.25) is 0 Å². The van der Waals surface area contributed by atoms with Crippen molar-refractivity contribution in [2.45, 2.75) is 161 Å². The Balaban J connectivity index is 4.58. The molecule has 0 amide bonds. The number of rotatable bonds is 37. The summed E-state index contributed by atoms with van der Waals surface area (Å²) >= 11 is 0. The number of allylic oxidation sites excluding steroid dienone is 9. The Bertz CT molecular complexity index is 1180. The van der Waals surface area contributed by atoms with E-state index in [0.717, 1.165) is 77.0 Å². The lowest BCUT2D eigenvalue weighted by atomic mass is 10.0. The number of esters is 2. The van der Waals surface area contributed by atoms with Crippen LogP contribution in [0.15, 0.2) is 60.8 Å². The Morgan fingerprint density at radius 3 is 1.84 bits per heavy atom. The van der Waals surface area contributed by atoms with Crippen LogP contribution in [0.3, 0.4) is 0 Å². The number of quaternary nitrogens is 1. The highest BCUT2D eigenvalue weighted by Crippen LogP contribution is 2.43. The Morgan fingerprint density at radius 1 is 0.643 bits per heavy atom. The second kappa shape index (κ2) is 35.8. The molecule has 0 fully saturated rings. The van der Waals surface area contributed by atoms with Gasteiger partial charge in [-0.2, -0.15) is 0 Å². The highest BCUT2D eigenvalue weighted by atomic mass is 31.2. The number of carbonyl (C=O) groups excluding carboxylic acids is 2. The van der Waals surface area contributed by atoms with E-state index in [-0.39, 0.29) is 26.1 Å². The minimum absolute atomic E-state index is 0.00458. The summed E-state index contributed by atoms with van der Waals surface area (Å²) in [4.78, 5) is 35.3. The third-order valence-electron chi connectivity index (χ3n) is 8.73. The molecule has 0 spiro atoms. The van der Waals surface area contributed by atoms with Crippen molar-refractivity contribution in [2.75, 3.05) is 47.5 Å². The lowest BCUT2D eigenvalue weighted by molar-refractivity contribution is -0.870. The van der Waals surface area contributed by atoms with Gasteiger partial charge in [-0.05, 0) is 77.0 Å². The van der Waals surface area contributed by atoms with Gasteiger partial charge in [-0.1, -0.05) is 113 Å². The number of unbranched alkanes of at least 4 members (excludes halogenated alkanes) is 9. The minimum Gasteiger partial charge on any atom is -0.462 e. The fourth-order valence-electron chi connectivity index (χ4n) is 5.26. The minimum atomic E-state index is -4.42. The first kappa shape index (κ1) is 53.6. The zero-order valence-corrected chi connectivity index (χ0v) is 36.5. The summed E-state index contributed by atoms with van der Waals surface area (Å²) in [5.41, 5.74) is 0. The highest BCUT2D eigenvalue weighted by Gasteiger charge is 2.27. The normalized spacial score (nSPS) is 15.4. The summed E-state index contributed by atoms with van der Waals surface area (Å²) in [6.07, 6.45) is 34.4. The number of nitrogens with zero attached hydrogens (tertiary/aromatic N) is 1. The number of likely N-dealkylation sites (N-methyl/N-ethyl adjacent to an activating group) is 1. The largest absolute Gasteiger partial charge is 0.472 e. The highest BCUT2D eigenvalue weighted by molar-refractivity contribution is 7.47. The molecule has 4 atom stereocenters. The van der Waals surface area contributed by atoms with Crippen LogP contribution in [0, 0.1) is 0 Å². The van der Waals surface area contributed by atoms with Gasteiger partial charge in [-0.15, -0.1) is 0 Å². The predicted octanol–water partition coefficient (Wildman–Crippen LogP) is 9.63. The predicted molar refractivity (Wildman–Crippen MR) is 227 cm³/mol. The van der Waals surface area contributed by atoms with E-state index in [4.69, 9.17) is 18.5 Å². The van der Waals surface area contributed by atoms with Gasteiger partial charge >= 0.3 is 19.8 Å². The van der Waals surface area contributed by atoms with Crippen molar-refractivity contribution in [2.24, 2.45) is 0 Å². The summed E-state index contributed by atoms with van der Waals surface area (Å²) in [7, 11) is 1.35. The van der Waals surface area contributed by atoms with Crippen molar-refractivity contribution in [3.8, 4) is 0 Å². The number of aliphatic hydroxyl groups excluding tert-OH is 2. The third kappa shape index (κ3) is 37.2. The molecule has 0 bridgehead atoms. The Labute approximate surface area is 340 Å². The van der Waals surface area contributed by atoms with Crippen LogP contribution in [-0.4, -0.2) is 97.3 Å². The van der Waals surface area contributed by atoms with E-state index in [1.165, 1.54) is 12.8 Å². The monoisotopic (exact) mass is 813 g/mol. The van der Waals surface area contributed by atoms with Crippen molar-refractivity contribution in [3.05, 3.63) is 60.8 Å². The maximum atomic E-state index is 12.7. The number of hydrogen-bond acceptors (Lipinski definition) is 9. The first-order chi connectivity index (χ1) is 26.8. The number of aliphatic hydroxyl groups is 2. The van der Waals surface area contributed by atoms with Gasteiger partial charge in [0.05, 0.1) is 40.0 Å². The number of carbonyl (C=O) groups is 2. The van der Waals surface area contributed by atoms with Gasteiger partial charge in [0.1, 0.15) is 19.8 Å². The fraction of sp³-hybridized carbons (Fsp3) is 0.727. The van der Waals surface area contributed by atoms with E-state index in [2.05, 4.69) is 68.5 Å². The molecule has 324 valence electrons. The molecule has 0 saturated carbocycles. The SMILES string of the molecule is CC/C=C\C/C=C\C/C=C\C/C=C\CCCCC(=O)O[C@H](COC(=O)CCCCCCC[C@@H](O)[C@H](O)C/C=C\CCCCC)COP(=O)(O)OCC[N+](C)(C)C. The number of phosphoric ester groups is 1. The van der Waals surface area contributed by atoms with E-state index in [1.54, 1.807) is 0 Å². The fourth-order valence-corrected chi connectivity index (χ4v) is 6.00. The molecule has 3 N–H and O–H groups in total. The van der Waals surface area contributed by atoms with Gasteiger partial charge in [-0.3, -0.25) is 18.6 Å². The molecule has 0 aromatic carbocycles. The topological polar surface area (TPSA) is 149 Å². The van der Waals surface area contributed by atoms with Gasteiger partial charge in [0.2, 0.25) is 0 Å². The Hall–Kier alpha value is -2.37. The molecule has 0 aromatic rings. The molecule has 0 aliphatic carbocycles. The summed E-state index contributed by atoms with van der Waals surface area (Å²) in [5, 5.41) is 20.4. The lowest BCUT2D eigenvalue weighted by Crippen LogP contribution is -2.37. The molecule has 12 heteroatoms. The molecule has 0 aliphatic rings. The summed E-state index contributed by atoms with van der Waals surface area (Å²) in [6.45, 7) is 4.00. The van der Waals surface area contributed by atoms with Crippen LogP contribution >= 0.6 is 7.82 Å². The Kier molecular flexibility index (Phi) is 34.3. The van der Waals surface area contributed by atoms with Gasteiger partial charge in [0.15, 0.2) is 6.10 Å². The molecule has 1 unspecified atom stereocenters. The van der Waals surface area contributed by atoms with E-state index < -0.39 is 44.7 Å². The molecule has 0 aromatic heterocycles. The number of hydrogen-bond donors (Lipinski definition) is 3. The quantitative estimate of drug-likeness (QED) is 0.0182. The molecule has 0 saturated heterocycles. The summed E-state index contributed by atoms with van der Waals surface area (Å²) in [5.74, 6) is -0.966. The first-order valence-electron chi connectivity index (χ1n) is 21.2. The van der Waals surface area contributed by atoms with Gasteiger partial charge in [0.25, 0.3) is 0 Å². The van der Waals surface area contributed by atoms with Crippen LogP contribution < -0.4 is 0 Å². The number of ether oxygens (including phenoxy) is 2. The molecule has 0 heterocycles. The van der Waals surface area contributed by atoms with Crippen molar-refractivity contribution in [1.82, 2.24) is 0 Å². The van der Waals surface area contributed by atoms with E-state index >= 15 is 0 Å². The van der Waals surface area contributed by atoms with Gasteiger partial charge in [0, 0.05) is 12.8 Å². The smallest absolute Gasteiger partial charge is 0.462 e. The summed E-state index contributed by atoms with van der Waals surface area (Å²) in [6, 6.07) is 0. The lowest BCUT2D eigenvalue weighted by Gasteiger charge is -2.24. The molecule has 0 radical (unpaired) electrons. The van der Waals surface area contributed by atoms with Crippen molar-refractivity contribution in [1.29, 1.82) is 0 Å². The van der Waals surface area contributed by atoms with Crippen LogP contribution in [-0.2, 0) is 32.7 Å². The molecule has 0 rings (SSSR count). The van der Waals surface area contributed by atoms with Crippen LogP contribution in [0.25, 0.3) is 0 Å². The first-order valence-corrected chi connectivity index (χ1v) is 22.7. The van der Waals surface area contributed by atoms with Crippen LogP contribution in [0.5, 0.6) is 0 Å². The molecular weight excluding hydrogens is 733 g/mol. The molecule has 0 aliphatic heterocycles. The van der Waals surface area contributed by atoms with E-state index in [1.807, 2.05) is 27.2 Å². The zero-order valence-electron chi connectivity index (χ0n) is 35.6. The average molecular weight is 813 g/mol. The maximum Gasteiger partial charge on any atom is 0.472 e. The molecule has 11 nitrogen and oxygen atoms in total. The van der Waals surface area contributed by atoms with Gasteiger partial charge < -0.3 is 29.1 Å². The summed E-state index contributed by atoms with van der Waals surface area (Å²) < 4.78 is 34.1. The van der Waals surface area contributed by atoms with Crippen LogP contribution in [0.1, 0.15) is 142 Å². The van der Waals surface area contributed by atoms with Crippen LogP contribution in [0.4, 0.5) is 0 Å². The maximum absolute atomic E-state index is 12.7. The van der Waals surface area contributed by atoms with E-state index in [9.17, 15) is 29.3 Å². The Morgan fingerprint density at radius 2 is 1.20 bits per heavy atom. The number of phosphoric acid groups is 1. The second-order valence-corrected chi connectivity index (χ2v) is 16.8. The zero-order chi connectivity index (χ0) is 41.8. The van der Waals surface area contributed by atoms with Gasteiger partial charge in [-0.25, -0.2) is 4.57 Å².